The fourth-order valence-electron chi connectivity index (χ4n) is 3.32. The van der Waals surface area contributed by atoms with Gasteiger partial charge in [-0.1, -0.05) is 19.8 Å². The van der Waals surface area contributed by atoms with Crippen LogP contribution in [-0.2, 0) is 0 Å². The molecule has 2 aliphatic rings. The smallest absolute Gasteiger partial charge is 0.231 e. The highest BCUT2D eigenvalue weighted by molar-refractivity contribution is 5.98. The zero-order valence-electron chi connectivity index (χ0n) is 12.8. The lowest BCUT2D eigenvalue weighted by Gasteiger charge is -2.33. The molecule has 0 aromatic heterocycles. The second-order valence-electron chi connectivity index (χ2n) is 6.33. The summed E-state index contributed by atoms with van der Waals surface area (Å²) in [4.78, 5) is 14.7. The van der Waals surface area contributed by atoms with Crippen molar-refractivity contribution in [2.24, 2.45) is 5.92 Å². The van der Waals surface area contributed by atoms with Crippen LogP contribution in [0.4, 0.5) is 0 Å². The van der Waals surface area contributed by atoms with Gasteiger partial charge in [0.15, 0.2) is 17.3 Å². The lowest BCUT2D eigenvalue weighted by atomic mass is 9.86. The molecular weight excluding hydrogens is 266 g/mol. The van der Waals surface area contributed by atoms with Gasteiger partial charge in [0.1, 0.15) is 0 Å². The van der Waals surface area contributed by atoms with Crippen molar-refractivity contribution in [2.75, 3.05) is 20.4 Å². The number of carbonyl (C=O) groups excluding carboxylic acids is 1. The fraction of sp³-hybridized carbons (Fsp3) is 0.588. The van der Waals surface area contributed by atoms with Gasteiger partial charge in [0, 0.05) is 11.6 Å². The van der Waals surface area contributed by atoms with Crippen LogP contribution in [0.15, 0.2) is 18.2 Å². The zero-order chi connectivity index (χ0) is 14.8. The van der Waals surface area contributed by atoms with Gasteiger partial charge < -0.3 is 9.47 Å². The van der Waals surface area contributed by atoms with Crippen LogP contribution in [0.2, 0.25) is 0 Å². The Labute approximate surface area is 126 Å². The van der Waals surface area contributed by atoms with E-state index >= 15 is 0 Å². The molecule has 1 aliphatic carbocycles. The summed E-state index contributed by atoms with van der Waals surface area (Å²) >= 11 is 0. The normalized spacial score (nSPS) is 24.3. The number of hydrogen-bond acceptors (Lipinski definition) is 4. The highest BCUT2D eigenvalue weighted by atomic mass is 16.7. The van der Waals surface area contributed by atoms with E-state index in [1.165, 1.54) is 25.7 Å². The van der Waals surface area contributed by atoms with Crippen LogP contribution in [0.1, 0.15) is 43.0 Å². The first kappa shape index (κ1) is 14.4. The standard InChI is InChI=1S/C17H23NO3/c1-12-4-3-5-14(8-12)18(2)10-15(19)13-6-7-16-17(9-13)21-11-20-16/h6-7,9,12,14H,3-5,8,10-11H2,1-2H3. The lowest BCUT2D eigenvalue weighted by molar-refractivity contribution is 0.0882. The molecule has 114 valence electrons. The van der Waals surface area contributed by atoms with E-state index in [4.69, 9.17) is 9.47 Å². The summed E-state index contributed by atoms with van der Waals surface area (Å²) in [6, 6.07) is 5.97. The summed E-state index contributed by atoms with van der Waals surface area (Å²) in [5.74, 6) is 2.32. The highest BCUT2D eigenvalue weighted by Gasteiger charge is 2.24. The Kier molecular flexibility index (Phi) is 4.15. The molecule has 1 heterocycles. The number of rotatable bonds is 4. The van der Waals surface area contributed by atoms with Gasteiger partial charge in [-0.2, -0.15) is 0 Å². The number of carbonyl (C=O) groups is 1. The van der Waals surface area contributed by atoms with Crippen LogP contribution < -0.4 is 9.47 Å². The zero-order valence-corrected chi connectivity index (χ0v) is 12.8. The van der Waals surface area contributed by atoms with E-state index in [0.717, 1.165) is 11.7 Å². The highest BCUT2D eigenvalue weighted by Crippen LogP contribution is 2.33. The summed E-state index contributed by atoms with van der Waals surface area (Å²) in [6.07, 6.45) is 5.00. The monoisotopic (exact) mass is 289 g/mol. The van der Waals surface area contributed by atoms with Crippen molar-refractivity contribution in [1.82, 2.24) is 4.90 Å². The number of benzene rings is 1. The first-order valence-electron chi connectivity index (χ1n) is 7.76. The molecule has 1 aromatic carbocycles. The number of hydrogen-bond donors (Lipinski definition) is 0. The molecule has 1 aliphatic heterocycles. The summed E-state index contributed by atoms with van der Waals surface area (Å²) < 4.78 is 10.6. The van der Waals surface area contributed by atoms with Crippen molar-refractivity contribution in [3.63, 3.8) is 0 Å². The van der Waals surface area contributed by atoms with Crippen molar-refractivity contribution in [1.29, 1.82) is 0 Å². The van der Waals surface area contributed by atoms with Crippen LogP contribution >= 0.6 is 0 Å². The minimum Gasteiger partial charge on any atom is -0.454 e. The maximum atomic E-state index is 12.4. The Hall–Kier alpha value is -1.55. The molecule has 0 N–H and O–H groups in total. The van der Waals surface area contributed by atoms with Crippen molar-refractivity contribution in [2.45, 2.75) is 38.6 Å². The van der Waals surface area contributed by atoms with E-state index < -0.39 is 0 Å². The number of Topliss-reactive ketones (excluding diaryl/α,β-unsaturated/α-hetero) is 1. The predicted octanol–water partition coefficient (Wildman–Crippen LogP) is 3.11. The quantitative estimate of drug-likeness (QED) is 0.798. The van der Waals surface area contributed by atoms with Crippen LogP contribution in [0.25, 0.3) is 0 Å². The Morgan fingerprint density at radius 2 is 2.10 bits per heavy atom. The molecule has 1 aromatic rings. The number of fused-ring (bicyclic) bond motifs is 1. The van der Waals surface area contributed by atoms with E-state index in [2.05, 4.69) is 18.9 Å². The second-order valence-corrected chi connectivity index (χ2v) is 6.33. The molecule has 3 rings (SSSR count). The second kappa shape index (κ2) is 6.06. The van der Waals surface area contributed by atoms with Crippen molar-refractivity contribution in [3.8, 4) is 11.5 Å². The van der Waals surface area contributed by atoms with E-state index in [1.54, 1.807) is 6.07 Å². The van der Waals surface area contributed by atoms with Gasteiger partial charge in [0.2, 0.25) is 6.79 Å². The van der Waals surface area contributed by atoms with Crippen molar-refractivity contribution < 1.29 is 14.3 Å². The molecule has 0 saturated heterocycles. The van der Waals surface area contributed by atoms with Crippen molar-refractivity contribution >= 4 is 5.78 Å². The molecule has 2 unspecified atom stereocenters. The Bertz CT molecular complexity index is 529. The van der Waals surface area contributed by atoms with Gasteiger partial charge in [0.25, 0.3) is 0 Å². The lowest BCUT2D eigenvalue weighted by Crippen LogP contribution is -2.38. The van der Waals surface area contributed by atoms with Gasteiger partial charge in [-0.25, -0.2) is 0 Å². The van der Waals surface area contributed by atoms with Gasteiger partial charge >= 0.3 is 0 Å². The summed E-state index contributed by atoms with van der Waals surface area (Å²) in [7, 11) is 2.06. The van der Waals surface area contributed by atoms with Gasteiger partial charge in [-0.15, -0.1) is 0 Å². The Balaban J connectivity index is 1.63. The molecule has 1 saturated carbocycles. The molecule has 21 heavy (non-hydrogen) atoms. The Morgan fingerprint density at radius 1 is 1.29 bits per heavy atom. The van der Waals surface area contributed by atoms with Crippen molar-refractivity contribution in [3.05, 3.63) is 23.8 Å². The number of likely N-dealkylation sites (N-methyl/N-ethyl adjacent to an activating group) is 1. The molecule has 0 spiro atoms. The predicted molar refractivity (Wildman–Crippen MR) is 80.9 cm³/mol. The largest absolute Gasteiger partial charge is 0.454 e. The molecule has 0 radical (unpaired) electrons. The average molecular weight is 289 g/mol. The summed E-state index contributed by atoms with van der Waals surface area (Å²) in [5.41, 5.74) is 0.704. The average Bonchev–Trinajstić information content (AvgIpc) is 2.94. The number of ether oxygens (including phenoxy) is 2. The number of ketones is 1. The van der Waals surface area contributed by atoms with E-state index in [0.29, 0.717) is 23.9 Å². The van der Waals surface area contributed by atoms with Gasteiger partial charge in [-0.05, 0) is 44.0 Å². The molecule has 0 amide bonds. The van der Waals surface area contributed by atoms with E-state index in [1.807, 2.05) is 12.1 Å². The molecule has 4 nitrogen and oxygen atoms in total. The molecule has 1 fully saturated rings. The van der Waals surface area contributed by atoms with Gasteiger partial charge in [0.05, 0.1) is 6.54 Å². The molecule has 2 atom stereocenters. The minimum absolute atomic E-state index is 0.147. The fourth-order valence-corrected chi connectivity index (χ4v) is 3.32. The van der Waals surface area contributed by atoms with E-state index in [-0.39, 0.29) is 12.6 Å². The summed E-state index contributed by atoms with van der Waals surface area (Å²) in [6.45, 7) is 3.02. The molecular formula is C17H23NO3. The third kappa shape index (κ3) is 3.21. The van der Waals surface area contributed by atoms with Crippen LogP contribution in [0, 0.1) is 5.92 Å². The first-order chi connectivity index (χ1) is 10.1. The van der Waals surface area contributed by atoms with Gasteiger partial charge in [-0.3, -0.25) is 9.69 Å². The van der Waals surface area contributed by atoms with Crippen LogP contribution in [-0.4, -0.2) is 37.1 Å². The topological polar surface area (TPSA) is 38.8 Å². The summed E-state index contributed by atoms with van der Waals surface area (Å²) in [5, 5.41) is 0. The van der Waals surface area contributed by atoms with Crippen LogP contribution in [0.5, 0.6) is 11.5 Å². The third-order valence-electron chi connectivity index (χ3n) is 4.62. The third-order valence-corrected chi connectivity index (χ3v) is 4.62. The minimum atomic E-state index is 0.147. The maximum absolute atomic E-state index is 12.4. The molecule has 0 bridgehead atoms. The number of nitrogens with zero attached hydrogens (tertiary/aromatic N) is 1. The first-order valence-corrected chi connectivity index (χ1v) is 7.76. The SMILES string of the molecule is CC1CCCC(N(C)CC(=O)c2ccc3c(c2)OCO3)C1. The Morgan fingerprint density at radius 3 is 2.90 bits per heavy atom. The maximum Gasteiger partial charge on any atom is 0.231 e. The van der Waals surface area contributed by atoms with Crippen LogP contribution in [0.3, 0.4) is 0 Å². The molecule has 4 heteroatoms. The van der Waals surface area contributed by atoms with E-state index in [9.17, 15) is 4.79 Å².